The number of nitro benzene ring substituents is 1. The molecule has 0 spiro atoms. The van der Waals surface area contributed by atoms with Gasteiger partial charge in [0.05, 0.1) is 22.6 Å². The minimum atomic E-state index is -4.54. The summed E-state index contributed by atoms with van der Waals surface area (Å²) in [6.07, 6.45) is 0.849. The molecule has 0 aliphatic heterocycles. The van der Waals surface area contributed by atoms with Crippen molar-refractivity contribution in [3.05, 3.63) is 129 Å². The molecule has 2 amide bonds. The Hall–Kier alpha value is -5.23. The molecule has 0 fully saturated rings. The number of nitro groups is 1. The van der Waals surface area contributed by atoms with Gasteiger partial charge in [0.1, 0.15) is 18.3 Å². The smallest absolute Gasteiger partial charge is 0.273 e. The van der Waals surface area contributed by atoms with E-state index < -0.39 is 33.4 Å². The zero-order valence-electron chi connectivity index (χ0n) is 28.3. The third kappa shape index (κ3) is 9.02. The number of nitrogens with zero attached hydrogens (tertiary/aromatic N) is 3. The Morgan fingerprint density at radius 2 is 1.57 bits per heavy atom. The summed E-state index contributed by atoms with van der Waals surface area (Å²) >= 11 is 0. The molecule has 4 aromatic rings. The van der Waals surface area contributed by atoms with Crippen LogP contribution < -0.4 is 14.4 Å². The molecule has 0 aromatic heterocycles. The number of methoxy groups -OCH3 is 1. The number of amides is 2. The van der Waals surface area contributed by atoms with Crippen LogP contribution in [0.2, 0.25) is 0 Å². The van der Waals surface area contributed by atoms with Crippen molar-refractivity contribution in [2.24, 2.45) is 0 Å². The molecule has 1 N–H and O–H groups in total. The fraction of sp³-hybridized carbons (Fsp3) is 0.297. The highest BCUT2D eigenvalue weighted by atomic mass is 32.2. The third-order valence-corrected chi connectivity index (χ3v) is 10.2. The lowest BCUT2D eigenvalue weighted by Crippen LogP contribution is -2.54. The van der Waals surface area contributed by atoms with Crippen LogP contribution in [0.25, 0.3) is 0 Å². The summed E-state index contributed by atoms with van der Waals surface area (Å²) in [5, 5.41) is 14.8. The fourth-order valence-corrected chi connectivity index (χ4v) is 6.75. The number of ether oxygens (including phenoxy) is 1. The predicted octanol–water partition coefficient (Wildman–Crippen LogP) is 5.97. The summed E-state index contributed by atoms with van der Waals surface area (Å²) in [7, 11) is -3.07. The number of rotatable bonds is 15. The summed E-state index contributed by atoms with van der Waals surface area (Å²) in [6, 6.07) is 25.4. The van der Waals surface area contributed by atoms with Crippen molar-refractivity contribution in [1.29, 1.82) is 0 Å². The average Bonchev–Trinajstić information content (AvgIpc) is 3.09. The van der Waals surface area contributed by atoms with Crippen molar-refractivity contribution in [1.82, 2.24) is 10.2 Å². The molecule has 49 heavy (non-hydrogen) atoms. The molecule has 0 saturated carbocycles. The summed E-state index contributed by atoms with van der Waals surface area (Å²) in [4.78, 5) is 40.9. The first-order valence-corrected chi connectivity index (χ1v) is 17.4. The Morgan fingerprint density at radius 1 is 0.918 bits per heavy atom. The highest BCUT2D eigenvalue weighted by molar-refractivity contribution is 7.92. The van der Waals surface area contributed by atoms with E-state index in [4.69, 9.17) is 4.74 Å². The molecule has 4 aromatic carbocycles. The number of carbonyl (C=O) groups is 2. The minimum absolute atomic E-state index is 0.0312. The molecule has 4 rings (SSSR count). The Labute approximate surface area is 287 Å². The van der Waals surface area contributed by atoms with Crippen LogP contribution in [0.3, 0.4) is 0 Å². The lowest BCUT2D eigenvalue weighted by atomic mass is 10.0. The molecule has 0 saturated heterocycles. The lowest BCUT2D eigenvalue weighted by molar-refractivity contribution is -0.385. The maximum absolute atomic E-state index is 14.7. The number of hydrogen-bond donors (Lipinski definition) is 1. The van der Waals surface area contributed by atoms with Gasteiger partial charge in [0.15, 0.2) is 0 Å². The Bertz CT molecular complexity index is 1880. The van der Waals surface area contributed by atoms with E-state index in [-0.39, 0.29) is 46.7 Å². The molecule has 0 bridgehead atoms. The van der Waals surface area contributed by atoms with Gasteiger partial charge in [0.2, 0.25) is 11.8 Å². The SMILES string of the molecule is CCC(C)NC(=O)C(Cc1ccccc1)N(Cc1ccccc1C)C(=O)CN(c1ccc(OC)cc1)S(=O)(=O)c1ccc(C)c([N+](=O)[O-])c1. The van der Waals surface area contributed by atoms with Crippen LogP contribution in [0.5, 0.6) is 5.75 Å². The number of aryl methyl sites for hydroxylation is 2. The van der Waals surface area contributed by atoms with Crippen LogP contribution in [0, 0.1) is 24.0 Å². The van der Waals surface area contributed by atoms with Gasteiger partial charge in [-0.15, -0.1) is 0 Å². The molecule has 258 valence electrons. The molecule has 12 heteroatoms. The van der Waals surface area contributed by atoms with E-state index in [1.807, 2.05) is 75.4 Å². The highest BCUT2D eigenvalue weighted by Gasteiger charge is 2.35. The molecular formula is C37H42N4O7S. The first-order chi connectivity index (χ1) is 23.3. The van der Waals surface area contributed by atoms with Gasteiger partial charge >= 0.3 is 0 Å². The first-order valence-electron chi connectivity index (χ1n) is 16.0. The van der Waals surface area contributed by atoms with Crippen molar-refractivity contribution in [2.45, 2.75) is 64.1 Å². The van der Waals surface area contributed by atoms with Crippen LogP contribution in [-0.4, -0.2) is 55.8 Å². The van der Waals surface area contributed by atoms with Gasteiger partial charge in [-0.25, -0.2) is 8.42 Å². The molecule has 0 radical (unpaired) electrons. The van der Waals surface area contributed by atoms with E-state index >= 15 is 0 Å². The minimum Gasteiger partial charge on any atom is -0.497 e. The van der Waals surface area contributed by atoms with Gasteiger partial charge in [-0.1, -0.05) is 67.6 Å². The largest absolute Gasteiger partial charge is 0.497 e. The van der Waals surface area contributed by atoms with Crippen molar-refractivity contribution in [3.63, 3.8) is 0 Å². The molecular weight excluding hydrogens is 644 g/mol. The van der Waals surface area contributed by atoms with Gasteiger partial charge in [-0.05, 0) is 74.2 Å². The van der Waals surface area contributed by atoms with E-state index in [1.165, 1.54) is 43.2 Å². The van der Waals surface area contributed by atoms with E-state index in [2.05, 4.69) is 5.32 Å². The van der Waals surface area contributed by atoms with Crippen LogP contribution >= 0.6 is 0 Å². The Morgan fingerprint density at radius 3 is 2.18 bits per heavy atom. The van der Waals surface area contributed by atoms with Gasteiger partial charge in [0.25, 0.3) is 15.7 Å². The van der Waals surface area contributed by atoms with Crippen LogP contribution in [-0.2, 0) is 32.6 Å². The second-order valence-electron chi connectivity index (χ2n) is 11.9. The number of anilines is 1. The second kappa shape index (κ2) is 16.2. The zero-order chi connectivity index (χ0) is 35.7. The van der Waals surface area contributed by atoms with Crippen molar-refractivity contribution in [3.8, 4) is 5.75 Å². The van der Waals surface area contributed by atoms with Crippen LogP contribution in [0.1, 0.15) is 42.5 Å². The number of sulfonamides is 1. The number of carbonyl (C=O) groups excluding carboxylic acids is 2. The van der Waals surface area contributed by atoms with Crippen molar-refractivity contribution < 1.29 is 27.7 Å². The summed E-state index contributed by atoms with van der Waals surface area (Å²) < 4.78 is 34.9. The Kier molecular flexibility index (Phi) is 12.1. The van der Waals surface area contributed by atoms with E-state index in [9.17, 15) is 28.1 Å². The molecule has 2 atom stereocenters. The number of nitrogens with one attached hydrogen (secondary N) is 1. The maximum atomic E-state index is 14.7. The summed E-state index contributed by atoms with van der Waals surface area (Å²) in [5.41, 5.74) is 2.56. The quantitative estimate of drug-likeness (QED) is 0.120. The average molecular weight is 687 g/mol. The summed E-state index contributed by atoms with van der Waals surface area (Å²) in [5.74, 6) is -0.540. The van der Waals surface area contributed by atoms with E-state index in [1.54, 1.807) is 12.1 Å². The second-order valence-corrected chi connectivity index (χ2v) is 13.7. The highest BCUT2D eigenvalue weighted by Crippen LogP contribution is 2.30. The molecule has 11 nitrogen and oxygen atoms in total. The van der Waals surface area contributed by atoms with Crippen molar-refractivity contribution >= 4 is 33.2 Å². The topological polar surface area (TPSA) is 139 Å². The normalized spacial score (nSPS) is 12.4. The van der Waals surface area contributed by atoms with E-state index in [0.717, 1.165) is 27.1 Å². The molecule has 0 aliphatic carbocycles. The van der Waals surface area contributed by atoms with E-state index in [0.29, 0.717) is 12.2 Å². The molecule has 2 unspecified atom stereocenters. The van der Waals surface area contributed by atoms with Gasteiger partial charge in [-0.3, -0.25) is 24.0 Å². The molecule has 0 aliphatic rings. The number of benzene rings is 4. The first kappa shape index (κ1) is 36.6. The van der Waals surface area contributed by atoms with Crippen LogP contribution in [0.15, 0.2) is 102 Å². The van der Waals surface area contributed by atoms with Gasteiger partial charge in [0, 0.05) is 30.6 Å². The standard InChI is InChI=1S/C37H42N4O7S/c1-6-28(4)38-37(43)35(22-29-13-8-7-9-14-29)39(24-30-15-11-10-12-26(30)2)36(42)25-40(31-17-19-32(48-5)20-18-31)49(46,47)33-21-16-27(3)34(23-33)41(44)45/h7-21,23,28,35H,6,22,24-25H2,1-5H3,(H,38,43). The number of hydrogen-bond acceptors (Lipinski definition) is 7. The monoisotopic (exact) mass is 686 g/mol. The lowest BCUT2D eigenvalue weighted by Gasteiger charge is -2.34. The summed E-state index contributed by atoms with van der Waals surface area (Å²) in [6.45, 7) is 6.58. The van der Waals surface area contributed by atoms with Crippen LogP contribution in [0.4, 0.5) is 11.4 Å². The fourth-order valence-electron chi connectivity index (χ4n) is 5.32. The maximum Gasteiger partial charge on any atom is 0.273 e. The van der Waals surface area contributed by atoms with Gasteiger partial charge < -0.3 is 15.0 Å². The predicted molar refractivity (Wildman–Crippen MR) is 189 cm³/mol. The van der Waals surface area contributed by atoms with Crippen molar-refractivity contribution in [2.75, 3.05) is 18.0 Å². The third-order valence-electron chi connectivity index (χ3n) is 8.48. The van der Waals surface area contributed by atoms with Gasteiger partial charge in [-0.2, -0.15) is 0 Å². The zero-order valence-corrected chi connectivity index (χ0v) is 29.1. The Balaban J connectivity index is 1.85. The molecule has 0 heterocycles.